The van der Waals surface area contributed by atoms with E-state index in [-0.39, 0.29) is 10.6 Å². The standard InChI is InChI=1S/C19H21F2N3O4S/c1-10(2)17(24-18(25)16-13(20)5-4-6-14(16)21)19(26)23-12-8-7-11(3)15(9-12)29(22,27)28/h4-10,17H,1-3H3,(H,23,26)(H,24,25)(H2,22,27,28). The number of anilines is 1. The number of aryl methyl sites for hydroxylation is 1. The Morgan fingerprint density at radius 2 is 1.66 bits per heavy atom. The van der Waals surface area contributed by atoms with E-state index in [1.54, 1.807) is 20.8 Å². The number of hydrogen-bond donors (Lipinski definition) is 3. The van der Waals surface area contributed by atoms with Gasteiger partial charge in [0.05, 0.1) is 4.90 Å². The molecule has 0 aliphatic heterocycles. The van der Waals surface area contributed by atoms with Gasteiger partial charge < -0.3 is 10.6 Å². The van der Waals surface area contributed by atoms with E-state index in [4.69, 9.17) is 5.14 Å². The zero-order chi connectivity index (χ0) is 21.9. The van der Waals surface area contributed by atoms with E-state index in [2.05, 4.69) is 10.6 Å². The zero-order valence-electron chi connectivity index (χ0n) is 16.0. The van der Waals surface area contributed by atoms with Crippen molar-refractivity contribution in [2.24, 2.45) is 11.1 Å². The number of carbonyl (C=O) groups is 2. The number of halogens is 2. The normalized spacial score (nSPS) is 12.5. The Balaban J connectivity index is 2.26. The summed E-state index contributed by atoms with van der Waals surface area (Å²) in [7, 11) is -4.00. The molecule has 29 heavy (non-hydrogen) atoms. The van der Waals surface area contributed by atoms with Crippen molar-refractivity contribution in [2.45, 2.75) is 31.7 Å². The summed E-state index contributed by atoms with van der Waals surface area (Å²) in [4.78, 5) is 24.8. The summed E-state index contributed by atoms with van der Waals surface area (Å²) < 4.78 is 50.9. The molecule has 0 radical (unpaired) electrons. The average Bonchev–Trinajstić information content (AvgIpc) is 2.59. The first kappa shape index (κ1) is 22.4. The van der Waals surface area contributed by atoms with E-state index in [1.165, 1.54) is 18.2 Å². The largest absolute Gasteiger partial charge is 0.340 e. The number of nitrogens with two attached hydrogens (primary N) is 1. The minimum Gasteiger partial charge on any atom is -0.340 e. The van der Waals surface area contributed by atoms with Crippen LogP contribution in [0.3, 0.4) is 0 Å². The van der Waals surface area contributed by atoms with E-state index in [1.807, 2.05) is 0 Å². The molecule has 2 aromatic rings. The third-order valence-electron chi connectivity index (χ3n) is 4.19. The second-order valence-electron chi connectivity index (χ2n) is 6.81. The van der Waals surface area contributed by atoms with Crippen LogP contribution >= 0.6 is 0 Å². The molecular formula is C19H21F2N3O4S. The van der Waals surface area contributed by atoms with Gasteiger partial charge in [-0.15, -0.1) is 0 Å². The number of rotatable bonds is 6. The molecular weight excluding hydrogens is 404 g/mol. The maximum atomic E-state index is 13.8. The molecule has 0 aromatic heterocycles. The van der Waals surface area contributed by atoms with Crippen LogP contribution in [-0.4, -0.2) is 26.3 Å². The number of benzene rings is 2. The molecule has 0 saturated heterocycles. The van der Waals surface area contributed by atoms with Crippen LogP contribution in [0.5, 0.6) is 0 Å². The fraction of sp³-hybridized carbons (Fsp3) is 0.263. The Kier molecular flexibility index (Phi) is 6.70. The molecule has 1 atom stereocenters. The van der Waals surface area contributed by atoms with Crippen molar-refractivity contribution in [3.63, 3.8) is 0 Å². The van der Waals surface area contributed by atoms with Gasteiger partial charge in [-0.05, 0) is 42.7 Å². The molecule has 156 valence electrons. The first-order chi connectivity index (χ1) is 13.4. The molecule has 0 bridgehead atoms. The summed E-state index contributed by atoms with van der Waals surface area (Å²) in [5, 5.41) is 9.96. The maximum Gasteiger partial charge on any atom is 0.257 e. The number of hydrogen-bond acceptors (Lipinski definition) is 4. The van der Waals surface area contributed by atoms with Gasteiger partial charge in [0.2, 0.25) is 15.9 Å². The number of amides is 2. The second kappa shape index (κ2) is 8.66. The molecule has 0 saturated carbocycles. The van der Waals surface area contributed by atoms with E-state index < -0.39 is 51.0 Å². The van der Waals surface area contributed by atoms with Gasteiger partial charge in [-0.1, -0.05) is 26.0 Å². The predicted octanol–water partition coefficient (Wildman–Crippen LogP) is 2.31. The highest BCUT2D eigenvalue weighted by molar-refractivity contribution is 7.89. The third kappa shape index (κ3) is 5.36. The van der Waals surface area contributed by atoms with Crippen LogP contribution in [0.15, 0.2) is 41.3 Å². The number of primary sulfonamides is 1. The van der Waals surface area contributed by atoms with Gasteiger partial charge in [-0.25, -0.2) is 22.3 Å². The molecule has 0 aliphatic carbocycles. The Morgan fingerprint density at radius 1 is 1.07 bits per heavy atom. The highest BCUT2D eigenvalue weighted by Gasteiger charge is 2.27. The first-order valence-electron chi connectivity index (χ1n) is 8.61. The van der Waals surface area contributed by atoms with Gasteiger partial charge in [-0.2, -0.15) is 0 Å². The van der Waals surface area contributed by atoms with Crippen LogP contribution in [0.25, 0.3) is 0 Å². The SMILES string of the molecule is Cc1ccc(NC(=O)C(NC(=O)c2c(F)cccc2F)C(C)C)cc1S(N)(=O)=O. The summed E-state index contributed by atoms with van der Waals surface area (Å²) in [6.07, 6.45) is 0. The van der Waals surface area contributed by atoms with Crippen LogP contribution < -0.4 is 15.8 Å². The van der Waals surface area contributed by atoms with Gasteiger partial charge in [0.25, 0.3) is 5.91 Å². The smallest absolute Gasteiger partial charge is 0.257 e. The monoisotopic (exact) mass is 425 g/mol. The maximum absolute atomic E-state index is 13.8. The topological polar surface area (TPSA) is 118 Å². The van der Waals surface area contributed by atoms with E-state index in [9.17, 15) is 26.8 Å². The van der Waals surface area contributed by atoms with Crippen LogP contribution in [0.2, 0.25) is 0 Å². The molecule has 1 unspecified atom stereocenters. The zero-order valence-corrected chi connectivity index (χ0v) is 16.8. The fourth-order valence-corrected chi connectivity index (χ4v) is 3.48. The minimum absolute atomic E-state index is 0.140. The average molecular weight is 425 g/mol. The van der Waals surface area contributed by atoms with E-state index in [0.29, 0.717) is 5.56 Å². The summed E-state index contributed by atoms with van der Waals surface area (Å²) in [6, 6.07) is 5.98. The van der Waals surface area contributed by atoms with Crippen molar-refractivity contribution in [3.05, 3.63) is 59.2 Å². The Hall–Kier alpha value is -2.85. The molecule has 4 N–H and O–H groups in total. The second-order valence-corrected chi connectivity index (χ2v) is 8.34. The van der Waals surface area contributed by atoms with E-state index in [0.717, 1.165) is 18.2 Å². The minimum atomic E-state index is -4.00. The molecule has 10 heteroatoms. The van der Waals surface area contributed by atoms with Crippen LogP contribution in [0.1, 0.15) is 29.8 Å². The van der Waals surface area contributed by atoms with Crippen molar-refractivity contribution >= 4 is 27.5 Å². The van der Waals surface area contributed by atoms with Gasteiger partial charge in [0, 0.05) is 5.69 Å². The molecule has 2 rings (SSSR count). The summed E-state index contributed by atoms with van der Waals surface area (Å²) in [5.41, 5.74) is -0.256. The lowest BCUT2D eigenvalue weighted by atomic mass is 10.0. The Labute approximate surface area is 167 Å². The van der Waals surface area contributed by atoms with Crippen LogP contribution in [-0.2, 0) is 14.8 Å². The van der Waals surface area contributed by atoms with E-state index >= 15 is 0 Å². The van der Waals surface area contributed by atoms with Gasteiger partial charge >= 0.3 is 0 Å². The lowest BCUT2D eigenvalue weighted by Gasteiger charge is -2.22. The van der Waals surface area contributed by atoms with Crippen LogP contribution in [0, 0.1) is 24.5 Å². The lowest BCUT2D eigenvalue weighted by molar-refractivity contribution is -0.118. The predicted molar refractivity (Wildman–Crippen MR) is 104 cm³/mol. The molecule has 0 fully saturated rings. The quantitative estimate of drug-likeness (QED) is 0.658. The molecule has 2 amide bonds. The van der Waals surface area contributed by atoms with Crippen molar-refractivity contribution in [1.82, 2.24) is 5.32 Å². The number of sulfonamides is 1. The first-order valence-corrected chi connectivity index (χ1v) is 10.2. The summed E-state index contributed by atoms with van der Waals surface area (Å²) in [6.45, 7) is 4.81. The van der Waals surface area contributed by atoms with Gasteiger partial charge in [0.1, 0.15) is 23.2 Å². The Morgan fingerprint density at radius 3 is 2.17 bits per heavy atom. The molecule has 7 nitrogen and oxygen atoms in total. The third-order valence-corrected chi connectivity index (χ3v) is 5.24. The van der Waals surface area contributed by atoms with Gasteiger partial charge in [0.15, 0.2) is 0 Å². The van der Waals surface area contributed by atoms with Gasteiger partial charge in [-0.3, -0.25) is 9.59 Å². The van der Waals surface area contributed by atoms with Crippen molar-refractivity contribution in [1.29, 1.82) is 0 Å². The summed E-state index contributed by atoms with van der Waals surface area (Å²) in [5.74, 6) is -4.31. The molecule has 0 spiro atoms. The highest BCUT2D eigenvalue weighted by atomic mass is 32.2. The Bertz CT molecular complexity index is 1040. The van der Waals surface area contributed by atoms with Crippen LogP contribution in [0.4, 0.5) is 14.5 Å². The highest BCUT2D eigenvalue weighted by Crippen LogP contribution is 2.20. The van der Waals surface area contributed by atoms with Crippen molar-refractivity contribution in [3.8, 4) is 0 Å². The number of carbonyl (C=O) groups excluding carboxylic acids is 2. The van der Waals surface area contributed by atoms with Crippen molar-refractivity contribution in [2.75, 3.05) is 5.32 Å². The fourth-order valence-electron chi connectivity index (χ4n) is 2.67. The lowest BCUT2D eigenvalue weighted by Crippen LogP contribution is -2.47. The number of nitrogens with one attached hydrogen (secondary N) is 2. The summed E-state index contributed by atoms with van der Waals surface area (Å²) >= 11 is 0. The molecule has 0 aliphatic rings. The molecule has 2 aromatic carbocycles. The van der Waals surface area contributed by atoms with Crippen molar-refractivity contribution < 1.29 is 26.8 Å². The molecule has 0 heterocycles.